The first kappa shape index (κ1) is 10.2. The number of hydrogen-bond acceptors (Lipinski definition) is 3. The summed E-state index contributed by atoms with van der Waals surface area (Å²) in [6, 6.07) is 7.22. The van der Waals surface area contributed by atoms with Crippen molar-refractivity contribution in [1.82, 2.24) is 9.78 Å². The topological polar surface area (TPSA) is 83.7 Å². The summed E-state index contributed by atoms with van der Waals surface area (Å²) in [5.41, 5.74) is 8.83. The number of aromatic nitrogens is 2. The third-order valence-electron chi connectivity index (χ3n) is 2.24. The standard InChI is InChI=1S/C10H9N5O/c11-14-12-5-6-15-9-4-2-1-3-8(9)10(16)7-13-15/h1-4,7H,5-6H2. The fourth-order valence-electron chi connectivity index (χ4n) is 1.52. The molecule has 0 aliphatic heterocycles. The van der Waals surface area contributed by atoms with Gasteiger partial charge in [0.2, 0.25) is 5.43 Å². The molecule has 0 N–H and O–H groups in total. The Bertz CT molecular complexity index is 612. The van der Waals surface area contributed by atoms with Crippen LogP contribution in [0.4, 0.5) is 0 Å². The Morgan fingerprint density at radius 1 is 1.44 bits per heavy atom. The fourth-order valence-corrected chi connectivity index (χ4v) is 1.52. The lowest BCUT2D eigenvalue weighted by Crippen LogP contribution is -2.13. The molecule has 0 radical (unpaired) electrons. The summed E-state index contributed by atoms with van der Waals surface area (Å²) in [4.78, 5) is 14.2. The third kappa shape index (κ3) is 1.87. The van der Waals surface area contributed by atoms with Crippen LogP contribution in [0, 0.1) is 0 Å². The smallest absolute Gasteiger partial charge is 0.207 e. The highest BCUT2D eigenvalue weighted by Crippen LogP contribution is 2.07. The minimum absolute atomic E-state index is 0.101. The zero-order valence-electron chi connectivity index (χ0n) is 8.45. The van der Waals surface area contributed by atoms with Crippen LogP contribution in [0.3, 0.4) is 0 Å². The predicted octanol–water partition coefficient (Wildman–Crippen LogP) is 1.71. The summed E-state index contributed by atoms with van der Waals surface area (Å²) in [6.07, 6.45) is 1.28. The maximum absolute atomic E-state index is 11.5. The minimum atomic E-state index is -0.101. The number of para-hydroxylation sites is 1. The average molecular weight is 215 g/mol. The molecule has 80 valence electrons. The van der Waals surface area contributed by atoms with E-state index >= 15 is 0 Å². The number of hydrogen-bond donors (Lipinski definition) is 0. The molecule has 2 aromatic rings. The second kappa shape index (κ2) is 4.46. The van der Waals surface area contributed by atoms with Crippen molar-refractivity contribution in [3.05, 3.63) is 51.1 Å². The molecule has 0 aliphatic carbocycles. The van der Waals surface area contributed by atoms with Crippen LogP contribution in [-0.4, -0.2) is 16.3 Å². The van der Waals surface area contributed by atoms with E-state index in [1.807, 2.05) is 18.2 Å². The van der Waals surface area contributed by atoms with E-state index in [-0.39, 0.29) is 5.43 Å². The number of nitrogens with zero attached hydrogens (tertiary/aromatic N) is 5. The zero-order valence-corrected chi connectivity index (χ0v) is 8.45. The molecule has 0 saturated carbocycles. The van der Waals surface area contributed by atoms with Crippen molar-refractivity contribution in [3.63, 3.8) is 0 Å². The zero-order chi connectivity index (χ0) is 11.4. The fraction of sp³-hybridized carbons (Fsp3) is 0.200. The Labute approximate surface area is 90.8 Å². The highest BCUT2D eigenvalue weighted by Gasteiger charge is 2.01. The number of azide groups is 1. The van der Waals surface area contributed by atoms with Gasteiger partial charge in [0, 0.05) is 23.4 Å². The second-order valence-electron chi connectivity index (χ2n) is 3.20. The van der Waals surface area contributed by atoms with Crippen molar-refractivity contribution >= 4 is 10.9 Å². The van der Waals surface area contributed by atoms with Gasteiger partial charge in [-0.1, -0.05) is 17.2 Å². The minimum Gasteiger partial charge on any atom is -0.287 e. The first-order valence-electron chi connectivity index (χ1n) is 4.78. The average Bonchev–Trinajstić information content (AvgIpc) is 2.33. The molecular formula is C10H9N5O. The molecule has 6 heteroatoms. The van der Waals surface area contributed by atoms with Crippen LogP contribution >= 0.6 is 0 Å². The van der Waals surface area contributed by atoms with Crippen LogP contribution in [0.5, 0.6) is 0 Å². The van der Waals surface area contributed by atoms with E-state index in [4.69, 9.17) is 5.53 Å². The molecule has 0 atom stereocenters. The Balaban J connectivity index is 2.50. The first-order valence-corrected chi connectivity index (χ1v) is 4.78. The quantitative estimate of drug-likeness (QED) is 0.443. The van der Waals surface area contributed by atoms with E-state index in [1.54, 1.807) is 10.7 Å². The normalized spacial score (nSPS) is 10.0. The summed E-state index contributed by atoms with van der Waals surface area (Å²) in [7, 11) is 0. The van der Waals surface area contributed by atoms with Crippen LogP contribution in [0.15, 0.2) is 40.4 Å². The van der Waals surface area contributed by atoms with Gasteiger partial charge in [0.1, 0.15) is 0 Å². The van der Waals surface area contributed by atoms with Gasteiger partial charge in [0.25, 0.3) is 0 Å². The van der Waals surface area contributed by atoms with E-state index in [2.05, 4.69) is 15.1 Å². The molecule has 16 heavy (non-hydrogen) atoms. The monoisotopic (exact) mass is 215 g/mol. The summed E-state index contributed by atoms with van der Waals surface area (Å²) in [6.45, 7) is 0.779. The van der Waals surface area contributed by atoms with E-state index in [1.165, 1.54) is 6.20 Å². The van der Waals surface area contributed by atoms with Crippen molar-refractivity contribution in [1.29, 1.82) is 0 Å². The maximum atomic E-state index is 11.5. The molecule has 1 aromatic carbocycles. The van der Waals surface area contributed by atoms with Gasteiger partial charge >= 0.3 is 0 Å². The second-order valence-corrected chi connectivity index (χ2v) is 3.20. The number of fused-ring (bicyclic) bond motifs is 1. The lowest BCUT2D eigenvalue weighted by Gasteiger charge is -2.06. The molecule has 2 rings (SSSR count). The van der Waals surface area contributed by atoms with Crippen molar-refractivity contribution in [3.8, 4) is 0 Å². The first-order chi connectivity index (χ1) is 7.83. The Morgan fingerprint density at radius 2 is 2.25 bits per heavy atom. The lowest BCUT2D eigenvalue weighted by atomic mass is 10.2. The van der Waals surface area contributed by atoms with E-state index in [0.717, 1.165) is 5.52 Å². The van der Waals surface area contributed by atoms with Gasteiger partial charge in [-0.25, -0.2) is 0 Å². The van der Waals surface area contributed by atoms with Crippen molar-refractivity contribution in [2.45, 2.75) is 6.54 Å². The molecule has 0 fully saturated rings. The van der Waals surface area contributed by atoms with Crippen LogP contribution in [0.25, 0.3) is 21.3 Å². The molecule has 1 aromatic heterocycles. The van der Waals surface area contributed by atoms with Gasteiger partial charge in [-0.2, -0.15) is 5.10 Å². The molecule has 1 heterocycles. The van der Waals surface area contributed by atoms with E-state index in [0.29, 0.717) is 18.5 Å². The van der Waals surface area contributed by atoms with Gasteiger partial charge in [-0.05, 0) is 17.7 Å². The van der Waals surface area contributed by atoms with Crippen LogP contribution < -0.4 is 5.43 Å². The SMILES string of the molecule is [N-]=[N+]=NCCn1ncc(=O)c2ccccc21. The molecule has 0 bridgehead atoms. The highest BCUT2D eigenvalue weighted by atomic mass is 16.1. The number of rotatable bonds is 3. The molecule has 0 saturated heterocycles. The van der Waals surface area contributed by atoms with Crippen molar-refractivity contribution in [2.75, 3.05) is 6.54 Å². The maximum Gasteiger partial charge on any atom is 0.207 e. The van der Waals surface area contributed by atoms with Gasteiger partial charge < -0.3 is 0 Å². The molecule has 0 spiro atoms. The van der Waals surface area contributed by atoms with E-state index < -0.39 is 0 Å². The van der Waals surface area contributed by atoms with Crippen molar-refractivity contribution in [2.24, 2.45) is 5.11 Å². The summed E-state index contributed by atoms with van der Waals surface area (Å²) < 4.78 is 1.66. The lowest BCUT2D eigenvalue weighted by molar-refractivity contribution is 0.632. The Hall–Kier alpha value is -2.33. The van der Waals surface area contributed by atoms with Gasteiger partial charge in [0.05, 0.1) is 11.7 Å². The summed E-state index contributed by atoms with van der Waals surface area (Å²) in [5, 5.41) is 8.06. The van der Waals surface area contributed by atoms with Crippen LogP contribution in [0.2, 0.25) is 0 Å². The third-order valence-corrected chi connectivity index (χ3v) is 2.24. The molecule has 0 unspecified atom stereocenters. The summed E-state index contributed by atoms with van der Waals surface area (Å²) >= 11 is 0. The van der Waals surface area contributed by atoms with Crippen molar-refractivity contribution < 1.29 is 0 Å². The molecule has 6 nitrogen and oxygen atoms in total. The van der Waals surface area contributed by atoms with Gasteiger partial charge in [-0.3, -0.25) is 9.48 Å². The predicted molar refractivity (Wildman–Crippen MR) is 60.0 cm³/mol. The van der Waals surface area contributed by atoms with Crippen LogP contribution in [-0.2, 0) is 6.54 Å². The van der Waals surface area contributed by atoms with E-state index in [9.17, 15) is 4.79 Å². The Morgan fingerprint density at radius 3 is 3.06 bits per heavy atom. The molecular weight excluding hydrogens is 206 g/mol. The highest BCUT2D eigenvalue weighted by molar-refractivity contribution is 5.77. The van der Waals surface area contributed by atoms with Crippen LogP contribution in [0.1, 0.15) is 0 Å². The number of benzene rings is 1. The molecule has 0 amide bonds. The Kier molecular flexibility index (Phi) is 2.84. The van der Waals surface area contributed by atoms with Gasteiger partial charge in [0.15, 0.2) is 0 Å². The largest absolute Gasteiger partial charge is 0.287 e. The molecule has 0 aliphatic rings. The van der Waals surface area contributed by atoms with Gasteiger partial charge in [-0.15, -0.1) is 0 Å². The summed E-state index contributed by atoms with van der Waals surface area (Å²) in [5.74, 6) is 0.